The van der Waals surface area contributed by atoms with Gasteiger partial charge in [-0.25, -0.2) is 9.78 Å². The highest BCUT2D eigenvalue weighted by Gasteiger charge is 2.45. The Morgan fingerprint density at radius 3 is 2.54 bits per heavy atom. The van der Waals surface area contributed by atoms with E-state index in [4.69, 9.17) is 23.9 Å². The van der Waals surface area contributed by atoms with E-state index >= 15 is 0 Å². The third kappa shape index (κ3) is 3.84. The highest BCUT2D eigenvalue weighted by molar-refractivity contribution is 5.96. The van der Waals surface area contributed by atoms with E-state index in [1.807, 2.05) is 60.7 Å². The van der Waals surface area contributed by atoms with Crippen LogP contribution in [0.25, 0.3) is 34.4 Å². The van der Waals surface area contributed by atoms with Gasteiger partial charge < -0.3 is 28.6 Å². The quantitative estimate of drug-likeness (QED) is 0.251. The van der Waals surface area contributed by atoms with Crippen molar-refractivity contribution in [3.8, 4) is 28.6 Å². The van der Waals surface area contributed by atoms with Gasteiger partial charge in [-0.15, -0.1) is 0 Å². The topological polar surface area (TPSA) is 109 Å². The largest absolute Gasteiger partial charge is 0.497 e. The molecule has 0 fully saturated rings. The van der Waals surface area contributed by atoms with E-state index in [9.17, 15) is 14.7 Å². The SMILES string of the molecule is CC[C@@]1(O)C(=O)OCc2c1cc1n(c2=O)Cc2c-1nc1cc3c(cc1c2/C=C/C=C/c1ccc(OC)cc1)OCO3. The van der Waals surface area contributed by atoms with Crippen molar-refractivity contribution in [2.75, 3.05) is 13.9 Å². The maximum Gasteiger partial charge on any atom is 0.343 e. The molecule has 9 nitrogen and oxygen atoms in total. The minimum absolute atomic E-state index is 0.0811. The van der Waals surface area contributed by atoms with Gasteiger partial charge in [-0.2, -0.15) is 0 Å². The Kier molecular flexibility index (Phi) is 5.72. The fourth-order valence-corrected chi connectivity index (χ4v) is 5.72. The zero-order chi connectivity index (χ0) is 28.3. The van der Waals surface area contributed by atoms with Crippen molar-refractivity contribution in [2.24, 2.45) is 0 Å². The summed E-state index contributed by atoms with van der Waals surface area (Å²) in [6.07, 6.45) is 7.96. The highest BCUT2D eigenvalue weighted by Crippen LogP contribution is 2.43. The molecule has 2 aromatic heterocycles. The monoisotopic (exact) mass is 550 g/mol. The fourth-order valence-electron chi connectivity index (χ4n) is 5.72. The normalized spacial score (nSPS) is 18.6. The van der Waals surface area contributed by atoms with Gasteiger partial charge in [0.25, 0.3) is 5.56 Å². The number of carbonyl (C=O) groups excluding carboxylic acids is 1. The Bertz CT molecular complexity index is 1870. The van der Waals surface area contributed by atoms with Gasteiger partial charge in [-0.3, -0.25) is 4.79 Å². The number of methoxy groups -OCH3 is 1. The molecule has 0 unspecified atom stereocenters. The average Bonchev–Trinajstić information content (AvgIpc) is 3.60. The van der Waals surface area contributed by atoms with E-state index < -0.39 is 11.6 Å². The van der Waals surface area contributed by atoms with E-state index in [2.05, 4.69) is 0 Å². The molecule has 2 aromatic carbocycles. The van der Waals surface area contributed by atoms with E-state index in [0.717, 1.165) is 27.8 Å². The predicted molar refractivity (Wildman–Crippen MR) is 152 cm³/mol. The van der Waals surface area contributed by atoms with Gasteiger partial charge in [0.15, 0.2) is 17.1 Å². The molecule has 5 heterocycles. The van der Waals surface area contributed by atoms with Crippen LogP contribution in [0.4, 0.5) is 0 Å². The molecule has 1 N–H and O–H groups in total. The number of carbonyl (C=O) groups is 1. The van der Waals surface area contributed by atoms with Crippen LogP contribution in [0.3, 0.4) is 0 Å². The maximum absolute atomic E-state index is 13.7. The Morgan fingerprint density at radius 1 is 1.02 bits per heavy atom. The summed E-state index contributed by atoms with van der Waals surface area (Å²) in [5.74, 6) is 1.28. The zero-order valence-corrected chi connectivity index (χ0v) is 22.5. The number of rotatable bonds is 5. The number of hydrogen-bond donors (Lipinski definition) is 1. The number of benzene rings is 2. The van der Waals surface area contributed by atoms with Gasteiger partial charge >= 0.3 is 5.97 Å². The number of pyridine rings is 2. The van der Waals surface area contributed by atoms with E-state index in [1.54, 1.807) is 24.7 Å². The van der Waals surface area contributed by atoms with Crippen LogP contribution in [0, 0.1) is 0 Å². The lowest BCUT2D eigenvalue weighted by Crippen LogP contribution is -2.44. The van der Waals surface area contributed by atoms with Crippen LogP contribution >= 0.6 is 0 Å². The van der Waals surface area contributed by atoms with Crippen LogP contribution in [0.15, 0.2) is 59.4 Å². The lowest BCUT2D eigenvalue weighted by Gasteiger charge is -2.31. The second-order valence-corrected chi connectivity index (χ2v) is 10.2. The van der Waals surface area contributed by atoms with Gasteiger partial charge in [-0.05, 0) is 41.8 Å². The summed E-state index contributed by atoms with van der Waals surface area (Å²) < 4.78 is 23.3. The van der Waals surface area contributed by atoms with Crippen molar-refractivity contribution in [3.05, 3.63) is 92.8 Å². The number of nitrogens with zero attached hydrogens (tertiary/aromatic N) is 2. The van der Waals surface area contributed by atoms with Crippen LogP contribution in [0.1, 0.15) is 41.2 Å². The smallest absolute Gasteiger partial charge is 0.343 e. The minimum atomic E-state index is -1.89. The lowest BCUT2D eigenvalue weighted by molar-refractivity contribution is -0.172. The predicted octanol–water partition coefficient (Wildman–Crippen LogP) is 4.54. The molecule has 0 aliphatic carbocycles. The molecular formula is C32H26N2O7. The summed E-state index contributed by atoms with van der Waals surface area (Å²) in [7, 11) is 1.64. The Morgan fingerprint density at radius 2 is 1.78 bits per heavy atom. The molecule has 9 heteroatoms. The molecule has 3 aliphatic heterocycles. The van der Waals surface area contributed by atoms with E-state index in [0.29, 0.717) is 28.4 Å². The minimum Gasteiger partial charge on any atom is -0.497 e. The fraction of sp³-hybridized carbons (Fsp3) is 0.219. The lowest BCUT2D eigenvalue weighted by atomic mass is 9.86. The summed E-state index contributed by atoms with van der Waals surface area (Å²) in [4.78, 5) is 31.2. The molecular weight excluding hydrogens is 524 g/mol. The summed E-state index contributed by atoms with van der Waals surface area (Å²) in [5.41, 5.74) is 3.00. The molecule has 0 spiro atoms. The van der Waals surface area contributed by atoms with E-state index in [-0.39, 0.29) is 43.1 Å². The molecule has 7 rings (SSSR count). The Balaban J connectivity index is 1.38. The molecule has 41 heavy (non-hydrogen) atoms. The van der Waals surface area contributed by atoms with Crippen molar-refractivity contribution in [3.63, 3.8) is 0 Å². The summed E-state index contributed by atoms with van der Waals surface area (Å²) in [6, 6.07) is 13.2. The van der Waals surface area contributed by atoms with Crippen molar-refractivity contribution in [2.45, 2.75) is 32.1 Å². The molecule has 4 aromatic rings. The van der Waals surface area contributed by atoms with Crippen LogP contribution in [-0.2, 0) is 28.3 Å². The number of allylic oxidation sites excluding steroid dienone is 2. The first-order chi connectivity index (χ1) is 19.9. The van der Waals surface area contributed by atoms with Gasteiger partial charge in [0.1, 0.15) is 12.4 Å². The van der Waals surface area contributed by atoms with Crippen LogP contribution in [0.2, 0.25) is 0 Å². The second-order valence-electron chi connectivity index (χ2n) is 10.2. The number of hydrogen-bond acceptors (Lipinski definition) is 8. The third-order valence-corrected chi connectivity index (χ3v) is 8.00. The van der Waals surface area contributed by atoms with E-state index in [1.165, 1.54) is 0 Å². The standard InChI is InChI=1S/C32H26N2O7/c1-3-32(37)24-13-26-29-22(15-34(26)30(35)23(24)16-39-31(32)36)20(7-5-4-6-18-8-10-19(38-2)11-9-18)21-12-27-28(41-17-40-27)14-25(21)33-29/h4-14,37H,3,15-17H2,1-2H3/b6-4+,7-5+/t32-/m0/s1. The summed E-state index contributed by atoms with van der Waals surface area (Å²) >= 11 is 0. The number of esters is 1. The van der Waals surface area contributed by atoms with Crippen molar-refractivity contribution in [1.82, 2.24) is 9.55 Å². The zero-order valence-electron chi connectivity index (χ0n) is 22.5. The van der Waals surface area contributed by atoms with Crippen LogP contribution in [-0.4, -0.2) is 34.5 Å². The highest BCUT2D eigenvalue weighted by atomic mass is 16.7. The molecule has 0 radical (unpaired) electrons. The average molecular weight is 551 g/mol. The van der Waals surface area contributed by atoms with Crippen molar-refractivity contribution >= 4 is 29.0 Å². The molecule has 0 bridgehead atoms. The number of fused-ring (bicyclic) bond motifs is 6. The van der Waals surface area contributed by atoms with Gasteiger partial charge in [-0.1, -0.05) is 43.4 Å². The Hall–Kier alpha value is -4.89. The first-order valence-electron chi connectivity index (χ1n) is 13.3. The number of aliphatic hydroxyl groups is 1. The molecule has 0 saturated heterocycles. The Labute approximate surface area is 234 Å². The van der Waals surface area contributed by atoms with Crippen molar-refractivity contribution < 1.29 is 28.8 Å². The van der Waals surface area contributed by atoms with Crippen molar-refractivity contribution in [1.29, 1.82) is 0 Å². The number of cyclic esters (lactones) is 1. The molecule has 0 saturated carbocycles. The van der Waals surface area contributed by atoms with Crippen LogP contribution < -0.4 is 19.8 Å². The molecule has 3 aliphatic rings. The van der Waals surface area contributed by atoms with Gasteiger partial charge in [0.2, 0.25) is 6.79 Å². The summed E-state index contributed by atoms with van der Waals surface area (Å²) in [5, 5.41) is 12.1. The molecule has 206 valence electrons. The number of ether oxygens (including phenoxy) is 4. The second kappa shape index (κ2) is 9.35. The maximum atomic E-state index is 13.7. The summed E-state index contributed by atoms with van der Waals surface area (Å²) in [6.45, 7) is 1.93. The van der Waals surface area contributed by atoms with Gasteiger partial charge in [0, 0.05) is 22.6 Å². The first kappa shape index (κ1) is 25.1. The first-order valence-corrected chi connectivity index (χ1v) is 13.3. The number of aromatic nitrogens is 2. The molecule has 1 atom stereocenters. The van der Waals surface area contributed by atoms with Gasteiger partial charge in [0.05, 0.1) is 36.1 Å². The molecule has 0 amide bonds. The third-order valence-electron chi connectivity index (χ3n) is 8.00. The van der Waals surface area contributed by atoms with Crippen LogP contribution in [0.5, 0.6) is 17.2 Å².